The van der Waals surface area contributed by atoms with Gasteiger partial charge in [-0.25, -0.2) is 9.59 Å². The Morgan fingerprint density at radius 3 is 1.29 bits per heavy atom. The lowest BCUT2D eigenvalue weighted by Crippen LogP contribution is -1.99. The lowest BCUT2D eigenvalue weighted by atomic mass is 10.1. The molecule has 1 aromatic carbocycles. The summed E-state index contributed by atoms with van der Waals surface area (Å²) in [7, 11) is 0. The van der Waals surface area contributed by atoms with E-state index in [1.165, 1.54) is 43.5 Å². The molecule has 0 aliphatic rings. The highest BCUT2D eigenvalue weighted by Gasteiger charge is 2.04. The van der Waals surface area contributed by atoms with Crippen molar-refractivity contribution in [3.63, 3.8) is 0 Å². The van der Waals surface area contributed by atoms with E-state index in [0.29, 0.717) is 0 Å². The maximum atomic E-state index is 10.3. The minimum absolute atomic E-state index is 0.0833. The highest BCUT2D eigenvalue weighted by atomic mass is 16.4. The van der Waals surface area contributed by atoms with E-state index in [1.54, 1.807) is 0 Å². The number of hydrogen-bond donors (Lipinski definition) is 2. The van der Waals surface area contributed by atoms with Crippen LogP contribution in [0.15, 0.2) is 24.3 Å². The minimum Gasteiger partial charge on any atom is -0.478 e. The van der Waals surface area contributed by atoms with E-state index in [2.05, 4.69) is 13.8 Å². The first kappa shape index (κ1) is 15.2. The molecule has 4 nitrogen and oxygen atoms in total. The first-order valence-corrected chi connectivity index (χ1v) is 5.59. The number of unbranched alkanes of at least 4 members (excludes halogenated alkanes) is 2. The van der Waals surface area contributed by atoms with Gasteiger partial charge < -0.3 is 10.2 Å². The summed E-state index contributed by atoms with van der Waals surface area (Å²) < 4.78 is 0. The molecule has 0 saturated carbocycles. The van der Waals surface area contributed by atoms with Gasteiger partial charge in [0.1, 0.15) is 0 Å². The van der Waals surface area contributed by atoms with Gasteiger partial charge >= 0.3 is 11.9 Å². The van der Waals surface area contributed by atoms with Crippen LogP contribution >= 0.6 is 0 Å². The van der Waals surface area contributed by atoms with Gasteiger partial charge in [-0.1, -0.05) is 33.1 Å². The molecule has 1 aromatic rings. The fourth-order valence-electron chi connectivity index (χ4n) is 1.11. The highest BCUT2D eigenvalue weighted by Crippen LogP contribution is 2.03. The molecule has 0 spiro atoms. The monoisotopic (exact) mass is 238 g/mol. The topological polar surface area (TPSA) is 74.6 Å². The molecule has 0 atom stereocenters. The van der Waals surface area contributed by atoms with Crippen LogP contribution in [0.2, 0.25) is 0 Å². The normalized spacial score (nSPS) is 9.06. The van der Waals surface area contributed by atoms with Gasteiger partial charge in [-0.05, 0) is 24.3 Å². The Bertz CT molecular complexity index is 319. The molecule has 0 heterocycles. The SMILES string of the molecule is CCCCC.O=C(O)c1ccc(C(=O)O)cc1. The summed E-state index contributed by atoms with van der Waals surface area (Å²) in [5.74, 6) is -2.13. The Labute approximate surface area is 101 Å². The summed E-state index contributed by atoms with van der Waals surface area (Å²) in [6.45, 7) is 4.42. The summed E-state index contributed by atoms with van der Waals surface area (Å²) in [4.78, 5) is 20.7. The number of carboxylic acids is 2. The average molecular weight is 238 g/mol. The average Bonchev–Trinajstić information content (AvgIpc) is 2.31. The minimum atomic E-state index is -1.06. The molecular formula is C13H18O4. The lowest BCUT2D eigenvalue weighted by Gasteiger charge is -1.94. The second-order valence-electron chi connectivity index (χ2n) is 3.54. The van der Waals surface area contributed by atoms with Gasteiger partial charge in [0.2, 0.25) is 0 Å². The van der Waals surface area contributed by atoms with Crippen molar-refractivity contribution < 1.29 is 19.8 Å². The molecular weight excluding hydrogens is 220 g/mol. The van der Waals surface area contributed by atoms with Gasteiger partial charge in [-0.3, -0.25) is 0 Å². The first-order valence-electron chi connectivity index (χ1n) is 5.59. The fraction of sp³-hybridized carbons (Fsp3) is 0.385. The molecule has 4 heteroatoms. The van der Waals surface area contributed by atoms with E-state index >= 15 is 0 Å². The van der Waals surface area contributed by atoms with E-state index < -0.39 is 11.9 Å². The zero-order valence-electron chi connectivity index (χ0n) is 10.1. The molecule has 0 bridgehead atoms. The van der Waals surface area contributed by atoms with E-state index in [1.807, 2.05) is 0 Å². The van der Waals surface area contributed by atoms with E-state index in [4.69, 9.17) is 10.2 Å². The van der Waals surface area contributed by atoms with Gasteiger partial charge in [0, 0.05) is 0 Å². The Balaban J connectivity index is 0.000000437. The standard InChI is InChI=1S/C8H6O4.C5H12/c9-7(10)5-1-2-6(4-3-5)8(11)12;1-3-5-4-2/h1-4H,(H,9,10)(H,11,12);3-5H2,1-2H3. The van der Waals surface area contributed by atoms with Crippen LogP contribution in [0.4, 0.5) is 0 Å². The second kappa shape index (κ2) is 8.33. The van der Waals surface area contributed by atoms with Crippen LogP contribution in [-0.4, -0.2) is 22.2 Å². The van der Waals surface area contributed by atoms with Crippen LogP contribution in [0.5, 0.6) is 0 Å². The number of rotatable bonds is 4. The molecule has 0 amide bonds. The summed E-state index contributed by atoms with van der Waals surface area (Å²) in [6, 6.07) is 5.02. The largest absolute Gasteiger partial charge is 0.478 e. The van der Waals surface area contributed by atoms with Crippen LogP contribution in [-0.2, 0) is 0 Å². The maximum absolute atomic E-state index is 10.3. The van der Waals surface area contributed by atoms with Gasteiger partial charge in [0.25, 0.3) is 0 Å². The Hall–Kier alpha value is -1.84. The zero-order valence-corrected chi connectivity index (χ0v) is 10.1. The van der Waals surface area contributed by atoms with Crippen molar-refractivity contribution in [3.8, 4) is 0 Å². The van der Waals surface area contributed by atoms with Crippen molar-refractivity contribution in [3.05, 3.63) is 35.4 Å². The Morgan fingerprint density at radius 1 is 0.882 bits per heavy atom. The molecule has 0 radical (unpaired) electrons. The third-order valence-electron chi connectivity index (χ3n) is 2.09. The van der Waals surface area contributed by atoms with Crippen LogP contribution in [0.3, 0.4) is 0 Å². The van der Waals surface area contributed by atoms with Crippen LogP contribution in [0, 0.1) is 0 Å². The number of carbonyl (C=O) groups is 2. The Kier molecular flexibility index (Phi) is 7.43. The van der Waals surface area contributed by atoms with Crippen LogP contribution in [0.25, 0.3) is 0 Å². The summed E-state index contributed by atoms with van der Waals surface area (Å²) in [6.07, 6.45) is 4.08. The molecule has 0 aliphatic carbocycles. The van der Waals surface area contributed by atoms with Gasteiger partial charge in [-0.2, -0.15) is 0 Å². The van der Waals surface area contributed by atoms with Crippen LogP contribution < -0.4 is 0 Å². The lowest BCUT2D eigenvalue weighted by molar-refractivity contribution is 0.0681. The third kappa shape index (κ3) is 6.35. The fourth-order valence-corrected chi connectivity index (χ4v) is 1.11. The predicted octanol–water partition coefficient (Wildman–Crippen LogP) is 3.28. The van der Waals surface area contributed by atoms with E-state index in [-0.39, 0.29) is 11.1 Å². The number of benzene rings is 1. The highest BCUT2D eigenvalue weighted by molar-refractivity contribution is 5.91. The molecule has 94 valence electrons. The van der Waals surface area contributed by atoms with Gasteiger partial charge in [0.05, 0.1) is 11.1 Å². The molecule has 0 aromatic heterocycles. The van der Waals surface area contributed by atoms with Crippen molar-refractivity contribution in [2.24, 2.45) is 0 Å². The molecule has 17 heavy (non-hydrogen) atoms. The smallest absolute Gasteiger partial charge is 0.335 e. The van der Waals surface area contributed by atoms with Crippen molar-refractivity contribution >= 4 is 11.9 Å². The number of aromatic carboxylic acids is 2. The molecule has 0 unspecified atom stereocenters. The van der Waals surface area contributed by atoms with E-state index in [9.17, 15) is 9.59 Å². The molecule has 1 rings (SSSR count). The first-order chi connectivity index (χ1) is 8.02. The Morgan fingerprint density at radius 2 is 1.18 bits per heavy atom. The summed E-state index contributed by atoms with van der Waals surface area (Å²) in [5, 5.41) is 16.9. The second-order valence-corrected chi connectivity index (χ2v) is 3.54. The quantitative estimate of drug-likeness (QED) is 0.844. The van der Waals surface area contributed by atoms with Crippen molar-refractivity contribution in [1.82, 2.24) is 0 Å². The summed E-state index contributed by atoms with van der Waals surface area (Å²) >= 11 is 0. The molecule has 0 saturated heterocycles. The number of carboxylic acid groups (broad SMARTS) is 2. The molecule has 0 aliphatic heterocycles. The summed E-state index contributed by atoms with van der Waals surface area (Å²) in [5.41, 5.74) is 0.167. The maximum Gasteiger partial charge on any atom is 0.335 e. The van der Waals surface area contributed by atoms with Gasteiger partial charge in [-0.15, -0.1) is 0 Å². The van der Waals surface area contributed by atoms with Crippen molar-refractivity contribution in [2.45, 2.75) is 33.1 Å². The predicted molar refractivity (Wildman–Crippen MR) is 65.6 cm³/mol. The van der Waals surface area contributed by atoms with Crippen molar-refractivity contribution in [1.29, 1.82) is 0 Å². The van der Waals surface area contributed by atoms with E-state index in [0.717, 1.165) is 0 Å². The van der Waals surface area contributed by atoms with Crippen LogP contribution in [0.1, 0.15) is 53.8 Å². The van der Waals surface area contributed by atoms with Gasteiger partial charge in [0.15, 0.2) is 0 Å². The number of hydrogen-bond acceptors (Lipinski definition) is 2. The molecule has 0 fully saturated rings. The third-order valence-corrected chi connectivity index (χ3v) is 2.09. The zero-order chi connectivity index (χ0) is 13.3. The van der Waals surface area contributed by atoms with Crippen molar-refractivity contribution in [2.75, 3.05) is 0 Å². The molecule has 2 N–H and O–H groups in total.